The van der Waals surface area contributed by atoms with Crippen molar-refractivity contribution in [3.8, 4) is 5.75 Å². The topological polar surface area (TPSA) is 88.7 Å². The summed E-state index contributed by atoms with van der Waals surface area (Å²) in [5, 5.41) is 8.52. The number of para-hydroxylation sites is 1. The van der Waals surface area contributed by atoms with E-state index in [4.69, 9.17) is 21.7 Å². The van der Waals surface area contributed by atoms with E-state index in [2.05, 4.69) is 29.8 Å². The van der Waals surface area contributed by atoms with Gasteiger partial charge in [0.15, 0.2) is 5.11 Å². The van der Waals surface area contributed by atoms with Gasteiger partial charge in [-0.3, -0.25) is 14.9 Å². The van der Waals surface area contributed by atoms with Crippen LogP contribution in [-0.4, -0.2) is 43.8 Å². The molecule has 0 aliphatic heterocycles. The fraction of sp³-hybridized carbons (Fsp3) is 0.375. The number of carbonyl (C=O) groups is 2. The molecule has 0 atom stereocenters. The summed E-state index contributed by atoms with van der Waals surface area (Å²) < 4.78 is 10.7. The van der Waals surface area contributed by atoms with E-state index in [0.29, 0.717) is 54.7 Å². The summed E-state index contributed by atoms with van der Waals surface area (Å²) in [6.45, 7) is 5.99. The Morgan fingerprint density at radius 3 is 2.41 bits per heavy atom. The highest BCUT2D eigenvalue weighted by atomic mass is 32.1. The number of methoxy groups -OCH3 is 1. The smallest absolute Gasteiger partial charge is 0.257 e. The highest BCUT2D eigenvalue weighted by Crippen LogP contribution is 2.16. The van der Waals surface area contributed by atoms with Crippen LogP contribution in [-0.2, 0) is 4.74 Å². The molecular weight excluding hydrogens is 426 g/mol. The van der Waals surface area contributed by atoms with Gasteiger partial charge in [-0.05, 0) is 67.4 Å². The minimum atomic E-state index is -0.349. The molecule has 0 aliphatic rings. The van der Waals surface area contributed by atoms with Gasteiger partial charge in [0.1, 0.15) is 5.75 Å². The summed E-state index contributed by atoms with van der Waals surface area (Å²) in [7, 11) is 1.62. The van der Waals surface area contributed by atoms with Crippen LogP contribution in [0.15, 0.2) is 48.5 Å². The zero-order valence-electron chi connectivity index (χ0n) is 18.8. The van der Waals surface area contributed by atoms with E-state index in [1.165, 1.54) is 0 Å². The maximum atomic E-state index is 12.5. The largest absolute Gasteiger partial charge is 0.494 e. The predicted octanol–water partition coefficient (Wildman–Crippen LogP) is 4.00. The molecule has 0 unspecified atom stereocenters. The Labute approximate surface area is 194 Å². The van der Waals surface area contributed by atoms with Gasteiger partial charge in [-0.15, -0.1) is 0 Å². The zero-order valence-corrected chi connectivity index (χ0v) is 19.6. The first-order valence-corrected chi connectivity index (χ1v) is 11.0. The molecule has 0 aliphatic carbocycles. The van der Waals surface area contributed by atoms with Crippen molar-refractivity contribution in [1.29, 1.82) is 0 Å². The van der Waals surface area contributed by atoms with E-state index in [-0.39, 0.29) is 16.9 Å². The molecule has 7 nitrogen and oxygen atoms in total. The zero-order chi connectivity index (χ0) is 23.3. The van der Waals surface area contributed by atoms with Crippen LogP contribution in [0.5, 0.6) is 5.75 Å². The number of amides is 2. The fourth-order valence-corrected chi connectivity index (χ4v) is 2.95. The van der Waals surface area contributed by atoms with Crippen LogP contribution in [0, 0.1) is 5.92 Å². The highest BCUT2D eigenvalue weighted by molar-refractivity contribution is 7.80. The molecule has 0 spiro atoms. The van der Waals surface area contributed by atoms with Crippen molar-refractivity contribution in [1.82, 2.24) is 10.6 Å². The van der Waals surface area contributed by atoms with E-state index in [0.717, 1.165) is 6.42 Å². The molecule has 2 aromatic carbocycles. The van der Waals surface area contributed by atoms with Gasteiger partial charge in [0, 0.05) is 25.8 Å². The van der Waals surface area contributed by atoms with Crippen LogP contribution < -0.4 is 20.7 Å². The lowest BCUT2D eigenvalue weighted by Gasteiger charge is -2.14. The second kappa shape index (κ2) is 13.4. The molecule has 2 amide bonds. The van der Waals surface area contributed by atoms with Crippen LogP contribution in [0.4, 0.5) is 5.69 Å². The van der Waals surface area contributed by atoms with Crippen LogP contribution in [0.2, 0.25) is 0 Å². The lowest BCUT2D eigenvalue weighted by molar-refractivity contribution is 0.0947. The van der Waals surface area contributed by atoms with Gasteiger partial charge in [-0.1, -0.05) is 26.0 Å². The number of nitrogens with one attached hydrogen (secondary N) is 3. The Bertz CT molecular complexity index is 900. The molecule has 172 valence electrons. The molecule has 0 heterocycles. The van der Waals surface area contributed by atoms with Gasteiger partial charge in [0.05, 0.1) is 17.9 Å². The first-order valence-electron chi connectivity index (χ1n) is 10.6. The second-order valence-electron chi connectivity index (χ2n) is 7.61. The van der Waals surface area contributed by atoms with E-state index in [9.17, 15) is 9.59 Å². The molecule has 0 saturated heterocycles. The molecule has 8 heteroatoms. The average Bonchev–Trinajstić information content (AvgIpc) is 2.77. The predicted molar refractivity (Wildman–Crippen MR) is 130 cm³/mol. The molecule has 3 N–H and O–H groups in total. The number of benzene rings is 2. The van der Waals surface area contributed by atoms with Crippen molar-refractivity contribution in [2.24, 2.45) is 5.92 Å². The molecule has 0 bridgehead atoms. The lowest BCUT2D eigenvalue weighted by atomic mass is 10.1. The van der Waals surface area contributed by atoms with E-state index in [1.54, 1.807) is 55.6 Å². The number of hydrogen-bond acceptors (Lipinski definition) is 5. The first kappa shape index (κ1) is 25.3. The monoisotopic (exact) mass is 457 g/mol. The first-order chi connectivity index (χ1) is 15.4. The molecule has 0 radical (unpaired) electrons. The molecule has 0 saturated carbocycles. The summed E-state index contributed by atoms with van der Waals surface area (Å²) in [6.07, 6.45) is 1.68. The van der Waals surface area contributed by atoms with Crippen molar-refractivity contribution in [3.05, 3.63) is 59.7 Å². The summed E-state index contributed by atoms with van der Waals surface area (Å²) in [5.74, 6) is 0.706. The minimum absolute atomic E-state index is 0.104. The Morgan fingerprint density at radius 1 is 1.00 bits per heavy atom. The summed E-state index contributed by atoms with van der Waals surface area (Å²) >= 11 is 5.27. The summed E-state index contributed by atoms with van der Waals surface area (Å²) in [4.78, 5) is 25.0. The van der Waals surface area contributed by atoms with E-state index < -0.39 is 0 Å². The number of rotatable bonds is 11. The van der Waals surface area contributed by atoms with Crippen LogP contribution >= 0.6 is 12.2 Å². The number of carbonyl (C=O) groups excluding carboxylic acids is 2. The van der Waals surface area contributed by atoms with E-state index in [1.807, 2.05) is 0 Å². The normalized spacial score (nSPS) is 10.5. The van der Waals surface area contributed by atoms with E-state index >= 15 is 0 Å². The standard InChI is InChI=1S/C24H31N3O4S/c1-17(2)13-16-31-19-11-9-18(10-12-19)22(28)27-24(32)26-21-8-5-4-7-20(21)23(29)25-14-6-15-30-3/h4-5,7-12,17H,6,13-16H2,1-3H3,(H,25,29)(H2,26,27,28,32). The van der Waals surface area contributed by atoms with Gasteiger partial charge >= 0.3 is 0 Å². The van der Waals surface area contributed by atoms with Crippen molar-refractivity contribution in [2.75, 3.05) is 32.2 Å². The second-order valence-corrected chi connectivity index (χ2v) is 8.02. The third-order valence-electron chi connectivity index (χ3n) is 4.54. The number of anilines is 1. The lowest BCUT2D eigenvalue weighted by Crippen LogP contribution is -2.35. The molecule has 0 aromatic heterocycles. The molecule has 32 heavy (non-hydrogen) atoms. The van der Waals surface area contributed by atoms with Crippen LogP contribution in [0.25, 0.3) is 0 Å². The third-order valence-corrected chi connectivity index (χ3v) is 4.74. The Morgan fingerprint density at radius 2 is 1.72 bits per heavy atom. The Hall–Kier alpha value is -2.97. The SMILES string of the molecule is COCCCNC(=O)c1ccccc1NC(=S)NC(=O)c1ccc(OCCC(C)C)cc1. The van der Waals surface area contributed by atoms with Gasteiger partial charge < -0.3 is 20.1 Å². The Balaban J connectivity index is 1.91. The van der Waals surface area contributed by atoms with Gasteiger partial charge in [-0.2, -0.15) is 0 Å². The number of thiocarbonyl (C=S) groups is 1. The average molecular weight is 458 g/mol. The molecule has 0 fully saturated rings. The fourth-order valence-electron chi connectivity index (χ4n) is 2.75. The van der Waals surface area contributed by atoms with Crippen LogP contribution in [0.3, 0.4) is 0 Å². The highest BCUT2D eigenvalue weighted by Gasteiger charge is 2.13. The van der Waals surface area contributed by atoms with Crippen molar-refractivity contribution < 1.29 is 19.1 Å². The minimum Gasteiger partial charge on any atom is -0.494 e. The van der Waals surface area contributed by atoms with Crippen molar-refractivity contribution in [3.63, 3.8) is 0 Å². The third kappa shape index (κ3) is 8.64. The number of hydrogen-bond donors (Lipinski definition) is 3. The summed E-state index contributed by atoms with van der Waals surface area (Å²) in [6, 6.07) is 13.9. The van der Waals surface area contributed by atoms with Crippen LogP contribution in [0.1, 0.15) is 47.4 Å². The van der Waals surface area contributed by atoms with Gasteiger partial charge in [0.25, 0.3) is 11.8 Å². The number of ether oxygens (including phenoxy) is 2. The van der Waals surface area contributed by atoms with Crippen molar-refractivity contribution >= 4 is 34.8 Å². The maximum absolute atomic E-state index is 12.5. The van der Waals surface area contributed by atoms with Gasteiger partial charge in [0.2, 0.25) is 0 Å². The quantitative estimate of drug-likeness (QED) is 0.349. The Kier molecular flexibility index (Phi) is 10.6. The van der Waals surface area contributed by atoms with Crippen molar-refractivity contribution in [2.45, 2.75) is 26.7 Å². The molecule has 2 rings (SSSR count). The van der Waals surface area contributed by atoms with Gasteiger partial charge in [-0.25, -0.2) is 0 Å². The maximum Gasteiger partial charge on any atom is 0.257 e. The molecular formula is C24H31N3O4S. The summed E-state index contributed by atoms with van der Waals surface area (Å²) in [5.41, 5.74) is 1.40. The molecule has 2 aromatic rings.